The fourth-order valence-corrected chi connectivity index (χ4v) is 6.04. The van der Waals surface area contributed by atoms with Gasteiger partial charge in [0.2, 0.25) is 5.95 Å². The van der Waals surface area contributed by atoms with Crippen molar-refractivity contribution in [3.63, 3.8) is 0 Å². The standard InChI is InChI=1S/C26H35FN7O6P/c1-15(2)38-23(35)16(3)33-41(36,40-18-8-6-5-7-9-18)37-13-19-12-26(4,27)24(39-19)34-14-29-20-21(30-17-10-11-17)31-25(28)32-22(20)34/h5-9,14-17,19,24H,10-13H2,1-4H3,(H,33,36)(H3,28,30,31,32)/t16-,19+,24-,26-,41-/m1/s1. The molecule has 0 spiro atoms. The number of aromatic nitrogens is 4. The Balaban J connectivity index is 1.32. The highest BCUT2D eigenvalue weighted by molar-refractivity contribution is 7.52. The van der Waals surface area contributed by atoms with Gasteiger partial charge in [-0.1, -0.05) is 18.2 Å². The molecule has 1 saturated carbocycles. The van der Waals surface area contributed by atoms with Crippen molar-refractivity contribution in [3.05, 3.63) is 36.7 Å². The third-order valence-corrected chi connectivity index (χ3v) is 8.17. The molecule has 3 aromatic rings. The molecule has 0 amide bonds. The quantitative estimate of drug-likeness (QED) is 0.204. The van der Waals surface area contributed by atoms with Crippen molar-refractivity contribution < 1.29 is 32.3 Å². The smallest absolute Gasteiger partial charge is 0.459 e. The maximum Gasteiger partial charge on any atom is 0.459 e. The molecule has 4 N–H and O–H groups in total. The SMILES string of the molecule is CC(C)OC(=O)[C@@H](C)N[P@@](=O)(OC[C@@H]1C[C@@](C)(F)[C@H](n2cnc3c(NC4CC4)nc(N)nc32)O1)Oc1ccccc1. The molecule has 13 nitrogen and oxygen atoms in total. The topological polar surface area (TPSA) is 165 Å². The second-order valence-electron chi connectivity index (χ2n) is 10.8. The van der Waals surface area contributed by atoms with E-state index < -0.39 is 37.8 Å². The molecule has 2 aliphatic rings. The Kier molecular flexibility index (Phi) is 8.20. The van der Waals surface area contributed by atoms with Gasteiger partial charge in [-0.3, -0.25) is 13.9 Å². The number of carbonyl (C=O) groups is 1. The van der Waals surface area contributed by atoms with Crippen LogP contribution < -0.4 is 20.7 Å². The molecule has 41 heavy (non-hydrogen) atoms. The van der Waals surface area contributed by atoms with Crippen molar-refractivity contribution in [2.75, 3.05) is 17.7 Å². The van der Waals surface area contributed by atoms with Crippen molar-refractivity contribution >= 4 is 36.6 Å². The van der Waals surface area contributed by atoms with Crippen molar-refractivity contribution in [3.8, 4) is 5.75 Å². The summed E-state index contributed by atoms with van der Waals surface area (Å²) in [6.07, 6.45) is 1.10. The first kappa shape index (κ1) is 29.2. The van der Waals surface area contributed by atoms with Gasteiger partial charge in [0.05, 0.1) is 25.1 Å². The van der Waals surface area contributed by atoms with Gasteiger partial charge in [0.15, 0.2) is 28.9 Å². The molecule has 0 bridgehead atoms. The van der Waals surface area contributed by atoms with Crippen LogP contribution in [0.1, 0.15) is 53.2 Å². The molecule has 15 heteroatoms. The Bertz CT molecular complexity index is 1430. The number of esters is 1. The van der Waals surface area contributed by atoms with Crippen LogP contribution in [0.5, 0.6) is 5.75 Å². The molecule has 1 aliphatic heterocycles. The number of nitrogen functional groups attached to an aromatic ring is 1. The van der Waals surface area contributed by atoms with E-state index in [0.29, 0.717) is 23.0 Å². The predicted octanol–water partition coefficient (Wildman–Crippen LogP) is 4.13. The number of imidazole rings is 1. The first-order valence-corrected chi connectivity index (χ1v) is 15.1. The second kappa shape index (κ2) is 11.5. The number of benzene rings is 1. The highest BCUT2D eigenvalue weighted by Gasteiger charge is 2.48. The lowest BCUT2D eigenvalue weighted by molar-refractivity contribution is -0.149. The lowest BCUT2D eigenvalue weighted by Gasteiger charge is -2.24. The Morgan fingerprint density at radius 2 is 2.00 bits per heavy atom. The molecule has 222 valence electrons. The molecule has 1 aromatic carbocycles. The van der Waals surface area contributed by atoms with Gasteiger partial charge >= 0.3 is 13.7 Å². The molecular formula is C26H35FN7O6P. The third-order valence-electron chi connectivity index (χ3n) is 6.53. The van der Waals surface area contributed by atoms with Crippen LogP contribution >= 0.6 is 7.75 Å². The zero-order chi connectivity index (χ0) is 29.4. The van der Waals surface area contributed by atoms with Crippen LogP contribution in [-0.4, -0.2) is 62.1 Å². The van der Waals surface area contributed by atoms with Gasteiger partial charge < -0.3 is 25.0 Å². The first-order chi connectivity index (χ1) is 19.4. The summed E-state index contributed by atoms with van der Waals surface area (Å²) in [6.45, 7) is 6.01. The lowest BCUT2D eigenvalue weighted by Crippen LogP contribution is -2.36. The molecule has 2 fully saturated rings. The van der Waals surface area contributed by atoms with Crippen molar-refractivity contribution in [1.82, 2.24) is 24.6 Å². The van der Waals surface area contributed by atoms with E-state index in [4.69, 9.17) is 24.3 Å². The van der Waals surface area contributed by atoms with Crippen LogP contribution in [0.4, 0.5) is 16.2 Å². The van der Waals surface area contributed by atoms with E-state index in [1.165, 1.54) is 24.7 Å². The lowest BCUT2D eigenvalue weighted by atomic mass is 10.0. The van der Waals surface area contributed by atoms with Crippen LogP contribution in [0.25, 0.3) is 11.2 Å². The largest absolute Gasteiger partial charge is 0.462 e. The van der Waals surface area contributed by atoms with Crippen molar-refractivity contribution in [2.24, 2.45) is 0 Å². The summed E-state index contributed by atoms with van der Waals surface area (Å²) in [5.74, 6) is 0.141. The molecular weight excluding hydrogens is 556 g/mol. The van der Waals surface area contributed by atoms with Gasteiger partial charge in [-0.05, 0) is 52.7 Å². The summed E-state index contributed by atoms with van der Waals surface area (Å²) in [4.78, 5) is 25.3. The summed E-state index contributed by atoms with van der Waals surface area (Å²) in [7, 11) is -4.15. The number of nitrogens with one attached hydrogen (secondary N) is 2. The van der Waals surface area contributed by atoms with Gasteiger partial charge in [-0.25, -0.2) is 13.9 Å². The molecule has 0 unspecified atom stereocenters. The Hall–Kier alpha value is -3.32. The summed E-state index contributed by atoms with van der Waals surface area (Å²) >= 11 is 0. The second-order valence-corrected chi connectivity index (χ2v) is 12.5. The summed E-state index contributed by atoms with van der Waals surface area (Å²) in [5.41, 5.74) is 4.87. The maximum atomic E-state index is 15.9. The van der Waals surface area contributed by atoms with Crippen LogP contribution in [-0.2, 0) is 23.4 Å². The van der Waals surface area contributed by atoms with E-state index in [0.717, 1.165) is 12.8 Å². The number of para-hydroxylation sites is 1. The summed E-state index contributed by atoms with van der Waals surface area (Å²) in [6, 6.07) is 7.65. The van der Waals surface area contributed by atoms with Gasteiger partial charge in [-0.15, -0.1) is 0 Å². The third kappa shape index (κ3) is 6.95. The zero-order valence-corrected chi connectivity index (χ0v) is 24.2. The minimum absolute atomic E-state index is 0.0241. The zero-order valence-electron chi connectivity index (χ0n) is 23.3. The average molecular weight is 592 g/mol. The van der Waals surface area contributed by atoms with Gasteiger partial charge in [-0.2, -0.15) is 15.1 Å². The molecule has 5 atom stereocenters. The maximum absolute atomic E-state index is 15.9. The number of rotatable bonds is 12. The number of carbonyl (C=O) groups excluding carboxylic acids is 1. The van der Waals surface area contributed by atoms with E-state index in [9.17, 15) is 9.36 Å². The average Bonchev–Trinajstić information content (AvgIpc) is 3.53. The first-order valence-electron chi connectivity index (χ1n) is 13.5. The van der Waals surface area contributed by atoms with Crippen LogP contribution in [0.2, 0.25) is 0 Å². The summed E-state index contributed by atoms with van der Waals surface area (Å²) < 4.78 is 53.9. The Morgan fingerprint density at radius 3 is 2.68 bits per heavy atom. The number of halogens is 1. The van der Waals surface area contributed by atoms with Gasteiger partial charge in [0.25, 0.3) is 0 Å². The Morgan fingerprint density at radius 1 is 1.27 bits per heavy atom. The number of nitrogens with two attached hydrogens (primary N) is 1. The normalized spacial score (nSPS) is 24.7. The van der Waals surface area contributed by atoms with Crippen LogP contribution in [0.15, 0.2) is 36.7 Å². The molecule has 5 rings (SSSR count). The highest BCUT2D eigenvalue weighted by atomic mass is 31.2. The highest BCUT2D eigenvalue weighted by Crippen LogP contribution is 2.48. The fourth-order valence-electron chi connectivity index (χ4n) is 4.51. The van der Waals surface area contributed by atoms with E-state index in [2.05, 4.69) is 25.4 Å². The minimum atomic E-state index is -4.15. The number of fused-ring (bicyclic) bond motifs is 1. The van der Waals surface area contributed by atoms with Crippen molar-refractivity contribution in [1.29, 1.82) is 0 Å². The number of hydrogen-bond acceptors (Lipinski definition) is 11. The Labute approximate surface area is 236 Å². The molecule has 1 aliphatic carbocycles. The number of alkyl halides is 1. The molecule has 2 aromatic heterocycles. The van der Waals surface area contributed by atoms with Crippen LogP contribution in [0.3, 0.4) is 0 Å². The fraction of sp³-hybridized carbons (Fsp3) is 0.538. The van der Waals surface area contributed by atoms with E-state index in [-0.39, 0.29) is 30.8 Å². The monoisotopic (exact) mass is 591 g/mol. The number of nitrogens with zero attached hydrogens (tertiary/aromatic N) is 4. The number of ether oxygens (including phenoxy) is 2. The molecule has 1 saturated heterocycles. The predicted molar refractivity (Wildman–Crippen MR) is 149 cm³/mol. The van der Waals surface area contributed by atoms with Gasteiger partial charge in [0.1, 0.15) is 11.8 Å². The number of hydrogen-bond donors (Lipinski definition) is 3. The van der Waals surface area contributed by atoms with E-state index in [1.807, 2.05) is 0 Å². The summed E-state index contributed by atoms with van der Waals surface area (Å²) in [5, 5.41) is 5.90. The van der Waals surface area contributed by atoms with Gasteiger partial charge in [0, 0.05) is 12.5 Å². The van der Waals surface area contributed by atoms with Crippen molar-refractivity contribution in [2.45, 2.75) is 83.1 Å². The van der Waals surface area contributed by atoms with E-state index >= 15 is 4.39 Å². The minimum Gasteiger partial charge on any atom is -0.462 e. The molecule has 0 radical (unpaired) electrons. The van der Waals surface area contributed by atoms with Crippen LogP contribution in [0, 0.1) is 0 Å². The number of anilines is 2. The molecule has 3 heterocycles. The van der Waals surface area contributed by atoms with E-state index in [1.54, 1.807) is 44.2 Å².